The number of rotatable bonds is 4. The van der Waals surface area contributed by atoms with Gasteiger partial charge in [-0.3, -0.25) is 9.69 Å². The molecule has 0 aliphatic carbocycles. The maximum Gasteiger partial charge on any atom is 0.387 e. The third-order valence-electron chi connectivity index (χ3n) is 4.64. The predicted molar refractivity (Wildman–Crippen MR) is 82.6 cm³/mol. The lowest BCUT2D eigenvalue weighted by molar-refractivity contribution is -0.130. The van der Waals surface area contributed by atoms with Gasteiger partial charge in [0.05, 0.1) is 6.42 Å². The summed E-state index contributed by atoms with van der Waals surface area (Å²) in [5.41, 5.74) is 0.709. The number of ether oxygens (including phenoxy) is 1. The van der Waals surface area contributed by atoms with Crippen molar-refractivity contribution in [2.24, 2.45) is 0 Å². The Balaban J connectivity index is 1.62. The summed E-state index contributed by atoms with van der Waals surface area (Å²) in [4.78, 5) is 17.0. The molecule has 4 nitrogen and oxygen atoms in total. The standard InChI is InChI=1S/C17H22F2N2O2/c18-17(19)23-15-6-1-4-13(10-15)11-16(22)21-9-3-8-20-7-2-5-14(20)12-21/h1,4,6,10,14,17H,2-3,5,7-9,11-12H2/t14-/m0/s1. The van der Waals surface area contributed by atoms with Gasteiger partial charge in [0.15, 0.2) is 0 Å². The monoisotopic (exact) mass is 324 g/mol. The lowest BCUT2D eigenvalue weighted by atomic mass is 10.1. The van der Waals surface area contributed by atoms with Crippen molar-refractivity contribution in [3.8, 4) is 5.75 Å². The zero-order valence-corrected chi connectivity index (χ0v) is 13.1. The van der Waals surface area contributed by atoms with Crippen LogP contribution in [0.2, 0.25) is 0 Å². The molecule has 0 radical (unpaired) electrons. The van der Waals surface area contributed by atoms with Crippen LogP contribution in [0.3, 0.4) is 0 Å². The Hall–Kier alpha value is -1.69. The fourth-order valence-corrected chi connectivity index (χ4v) is 3.55. The highest BCUT2D eigenvalue weighted by Gasteiger charge is 2.30. The first kappa shape index (κ1) is 16.2. The van der Waals surface area contributed by atoms with E-state index < -0.39 is 6.61 Å². The van der Waals surface area contributed by atoms with Crippen LogP contribution in [0.15, 0.2) is 24.3 Å². The van der Waals surface area contributed by atoms with Gasteiger partial charge in [-0.1, -0.05) is 12.1 Å². The Labute approximate surface area is 135 Å². The molecule has 2 aliphatic heterocycles. The number of benzene rings is 1. The molecule has 0 unspecified atom stereocenters. The summed E-state index contributed by atoms with van der Waals surface area (Å²) in [5.74, 6) is 0.163. The van der Waals surface area contributed by atoms with Crippen LogP contribution in [0.25, 0.3) is 0 Å². The zero-order chi connectivity index (χ0) is 16.2. The van der Waals surface area contributed by atoms with E-state index in [1.807, 2.05) is 4.90 Å². The molecule has 23 heavy (non-hydrogen) atoms. The van der Waals surface area contributed by atoms with Gasteiger partial charge < -0.3 is 9.64 Å². The highest BCUT2D eigenvalue weighted by atomic mass is 19.3. The van der Waals surface area contributed by atoms with Crippen LogP contribution in [-0.4, -0.2) is 54.5 Å². The second kappa shape index (κ2) is 7.25. The average Bonchev–Trinajstić information content (AvgIpc) is 2.84. The first-order chi connectivity index (χ1) is 11.1. The Kier molecular flexibility index (Phi) is 5.10. The summed E-state index contributed by atoms with van der Waals surface area (Å²) in [6.07, 6.45) is 3.59. The van der Waals surface area contributed by atoms with Crippen LogP contribution in [-0.2, 0) is 11.2 Å². The van der Waals surface area contributed by atoms with Gasteiger partial charge in [0.1, 0.15) is 5.75 Å². The van der Waals surface area contributed by atoms with Gasteiger partial charge in [-0.2, -0.15) is 8.78 Å². The van der Waals surface area contributed by atoms with Gasteiger partial charge >= 0.3 is 6.61 Å². The van der Waals surface area contributed by atoms with Crippen molar-refractivity contribution >= 4 is 5.91 Å². The van der Waals surface area contributed by atoms with Gasteiger partial charge in [-0.05, 0) is 43.5 Å². The van der Waals surface area contributed by atoms with Crippen LogP contribution >= 0.6 is 0 Å². The quantitative estimate of drug-likeness (QED) is 0.853. The van der Waals surface area contributed by atoms with Crippen molar-refractivity contribution < 1.29 is 18.3 Å². The molecule has 2 fully saturated rings. The second-order valence-electron chi connectivity index (χ2n) is 6.23. The molecule has 1 aromatic rings. The van der Waals surface area contributed by atoms with Crippen LogP contribution in [0, 0.1) is 0 Å². The van der Waals surface area contributed by atoms with Crippen molar-refractivity contribution in [2.45, 2.75) is 38.3 Å². The summed E-state index contributed by atoms with van der Waals surface area (Å²) in [7, 11) is 0. The van der Waals surface area contributed by atoms with E-state index in [0.717, 1.165) is 39.0 Å². The van der Waals surface area contributed by atoms with Gasteiger partial charge in [-0.25, -0.2) is 0 Å². The lowest BCUT2D eigenvalue weighted by Gasteiger charge is -2.25. The van der Waals surface area contributed by atoms with Gasteiger partial charge in [0.25, 0.3) is 0 Å². The van der Waals surface area contributed by atoms with Crippen molar-refractivity contribution in [1.29, 1.82) is 0 Å². The number of hydrogen-bond donors (Lipinski definition) is 0. The second-order valence-corrected chi connectivity index (χ2v) is 6.23. The topological polar surface area (TPSA) is 32.8 Å². The summed E-state index contributed by atoms with van der Waals surface area (Å²) < 4.78 is 28.9. The van der Waals surface area contributed by atoms with Crippen molar-refractivity contribution in [2.75, 3.05) is 26.2 Å². The summed E-state index contributed by atoms with van der Waals surface area (Å²) in [6, 6.07) is 6.89. The fourth-order valence-electron chi connectivity index (χ4n) is 3.55. The molecule has 1 amide bonds. The van der Waals surface area contributed by atoms with Crippen LogP contribution < -0.4 is 4.74 Å². The van der Waals surface area contributed by atoms with Crippen molar-refractivity contribution in [3.63, 3.8) is 0 Å². The average molecular weight is 324 g/mol. The smallest absolute Gasteiger partial charge is 0.387 e. The highest BCUT2D eigenvalue weighted by Crippen LogP contribution is 2.22. The fraction of sp³-hybridized carbons (Fsp3) is 0.588. The first-order valence-electron chi connectivity index (χ1n) is 8.17. The minimum Gasteiger partial charge on any atom is -0.435 e. The summed E-state index contributed by atoms with van der Waals surface area (Å²) in [5, 5.41) is 0. The molecular formula is C17H22F2N2O2. The maximum absolute atomic E-state index is 12.6. The number of hydrogen-bond acceptors (Lipinski definition) is 3. The number of halogens is 2. The van der Waals surface area contributed by atoms with E-state index in [1.54, 1.807) is 12.1 Å². The minimum absolute atomic E-state index is 0.0629. The zero-order valence-electron chi connectivity index (χ0n) is 13.1. The Morgan fingerprint density at radius 3 is 2.91 bits per heavy atom. The molecule has 1 atom stereocenters. The lowest BCUT2D eigenvalue weighted by Crippen LogP contribution is -2.40. The Morgan fingerprint density at radius 2 is 2.09 bits per heavy atom. The molecular weight excluding hydrogens is 302 g/mol. The van der Waals surface area contributed by atoms with Gasteiger partial charge in [0.2, 0.25) is 5.91 Å². The molecule has 2 heterocycles. The van der Waals surface area contributed by atoms with E-state index in [9.17, 15) is 13.6 Å². The number of fused-ring (bicyclic) bond motifs is 1. The molecule has 6 heteroatoms. The van der Waals surface area contributed by atoms with Crippen LogP contribution in [0.1, 0.15) is 24.8 Å². The molecule has 0 bridgehead atoms. The third kappa shape index (κ3) is 4.19. The van der Waals surface area contributed by atoms with E-state index in [1.165, 1.54) is 18.6 Å². The number of alkyl halides is 2. The summed E-state index contributed by atoms with van der Waals surface area (Å²) in [6.45, 7) is 0.914. The molecule has 2 aliphatic rings. The Morgan fingerprint density at radius 1 is 1.26 bits per heavy atom. The number of nitrogens with zero attached hydrogens (tertiary/aromatic N) is 2. The Bertz CT molecular complexity index is 553. The van der Waals surface area contributed by atoms with E-state index in [0.29, 0.717) is 11.6 Å². The number of carbonyl (C=O) groups is 1. The summed E-state index contributed by atoms with van der Waals surface area (Å²) >= 11 is 0. The van der Waals surface area contributed by atoms with Crippen LogP contribution in [0.5, 0.6) is 5.75 Å². The maximum atomic E-state index is 12.6. The molecule has 3 rings (SSSR count). The minimum atomic E-state index is -2.85. The number of amides is 1. The third-order valence-corrected chi connectivity index (χ3v) is 4.64. The molecule has 0 spiro atoms. The van der Waals surface area contributed by atoms with Crippen molar-refractivity contribution in [3.05, 3.63) is 29.8 Å². The molecule has 0 saturated carbocycles. The molecule has 0 aromatic heterocycles. The predicted octanol–water partition coefficient (Wildman–Crippen LogP) is 2.53. The number of carbonyl (C=O) groups excluding carboxylic acids is 1. The van der Waals surface area contributed by atoms with Gasteiger partial charge in [0, 0.05) is 25.7 Å². The van der Waals surface area contributed by atoms with Crippen molar-refractivity contribution in [1.82, 2.24) is 9.80 Å². The van der Waals surface area contributed by atoms with Crippen LogP contribution in [0.4, 0.5) is 8.78 Å². The van der Waals surface area contributed by atoms with E-state index >= 15 is 0 Å². The highest BCUT2D eigenvalue weighted by molar-refractivity contribution is 5.79. The SMILES string of the molecule is O=C(Cc1cccc(OC(F)F)c1)N1CCCN2CCC[C@H]2C1. The van der Waals surface area contributed by atoms with Gasteiger partial charge in [-0.15, -0.1) is 0 Å². The largest absolute Gasteiger partial charge is 0.435 e. The first-order valence-corrected chi connectivity index (χ1v) is 8.17. The molecule has 2 saturated heterocycles. The normalized spacial score (nSPS) is 22.0. The van der Waals surface area contributed by atoms with E-state index in [2.05, 4.69) is 9.64 Å². The van der Waals surface area contributed by atoms with E-state index in [4.69, 9.17) is 0 Å². The molecule has 126 valence electrons. The molecule has 1 aromatic carbocycles. The molecule has 0 N–H and O–H groups in total. The van der Waals surface area contributed by atoms with E-state index in [-0.39, 0.29) is 18.1 Å².